The van der Waals surface area contributed by atoms with Crippen LogP contribution in [0.15, 0.2) is 24.3 Å². The smallest absolute Gasteiger partial charge is 0.326 e. The maximum atomic E-state index is 11.8. The highest BCUT2D eigenvalue weighted by molar-refractivity contribution is 5.88. The van der Waals surface area contributed by atoms with Crippen LogP contribution in [-0.2, 0) is 4.79 Å². The predicted octanol–water partition coefficient (Wildman–Crippen LogP) is 4.25. The normalized spacial score (nSPS) is 18.0. The van der Waals surface area contributed by atoms with Gasteiger partial charge in [-0.25, -0.2) is 4.79 Å². The van der Waals surface area contributed by atoms with Gasteiger partial charge in [-0.3, -0.25) is 0 Å². The van der Waals surface area contributed by atoms with E-state index in [1.165, 1.54) is 5.57 Å². The SMILES string of the molecule is CCCC(C(=O)O)N1c2c(C)cccc2C(C)=CC1(C)C. The second kappa shape index (κ2) is 5.55. The minimum atomic E-state index is -0.743. The van der Waals surface area contributed by atoms with E-state index in [1.807, 2.05) is 13.0 Å². The van der Waals surface area contributed by atoms with Crippen LogP contribution in [0.3, 0.4) is 0 Å². The molecule has 0 aliphatic carbocycles. The summed E-state index contributed by atoms with van der Waals surface area (Å²) in [4.78, 5) is 13.9. The maximum Gasteiger partial charge on any atom is 0.326 e. The summed E-state index contributed by atoms with van der Waals surface area (Å²) in [6.45, 7) is 10.4. The molecule has 2 rings (SSSR count). The fourth-order valence-corrected chi connectivity index (χ4v) is 3.46. The molecular weight excluding hydrogens is 262 g/mol. The summed E-state index contributed by atoms with van der Waals surface area (Å²) in [7, 11) is 0. The third-order valence-corrected chi connectivity index (χ3v) is 4.25. The molecule has 3 nitrogen and oxygen atoms in total. The number of allylic oxidation sites excluding steroid dienone is 1. The summed E-state index contributed by atoms with van der Waals surface area (Å²) in [5.74, 6) is -0.743. The molecule has 0 saturated carbocycles. The number of anilines is 1. The lowest BCUT2D eigenvalue weighted by Crippen LogP contribution is -2.54. The molecule has 1 aromatic carbocycles. The highest BCUT2D eigenvalue weighted by Gasteiger charge is 2.39. The van der Waals surface area contributed by atoms with E-state index in [9.17, 15) is 9.90 Å². The fraction of sp³-hybridized carbons (Fsp3) is 0.500. The van der Waals surface area contributed by atoms with Gasteiger partial charge in [0, 0.05) is 11.3 Å². The number of carboxylic acid groups (broad SMARTS) is 1. The summed E-state index contributed by atoms with van der Waals surface area (Å²) < 4.78 is 0. The van der Waals surface area contributed by atoms with E-state index in [1.54, 1.807) is 0 Å². The highest BCUT2D eigenvalue weighted by Crippen LogP contribution is 2.42. The molecule has 1 aromatic rings. The monoisotopic (exact) mass is 287 g/mol. The third kappa shape index (κ3) is 2.69. The molecule has 0 radical (unpaired) electrons. The van der Waals surface area contributed by atoms with Gasteiger partial charge in [-0.15, -0.1) is 0 Å². The average Bonchev–Trinajstić information content (AvgIpc) is 2.37. The van der Waals surface area contributed by atoms with Crippen LogP contribution >= 0.6 is 0 Å². The Morgan fingerprint density at radius 1 is 1.33 bits per heavy atom. The van der Waals surface area contributed by atoms with Crippen LogP contribution in [0.25, 0.3) is 5.57 Å². The van der Waals surface area contributed by atoms with Crippen LogP contribution in [0.4, 0.5) is 5.69 Å². The Balaban J connectivity index is 2.66. The molecule has 3 heteroatoms. The van der Waals surface area contributed by atoms with E-state index in [4.69, 9.17) is 0 Å². The van der Waals surface area contributed by atoms with Gasteiger partial charge in [0.05, 0.1) is 5.54 Å². The molecule has 0 spiro atoms. The summed E-state index contributed by atoms with van der Waals surface area (Å²) >= 11 is 0. The van der Waals surface area contributed by atoms with E-state index in [2.05, 4.69) is 50.8 Å². The number of aryl methyl sites for hydroxylation is 1. The van der Waals surface area contributed by atoms with Gasteiger partial charge in [-0.05, 0) is 45.3 Å². The fourth-order valence-electron chi connectivity index (χ4n) is 3.46. The van der Waals surface area contributed by atoms with E-state index in [0.29, 0.717) is 6.42 Å². The van der Waals surface area contributed by atoms with Crippen molar-refractivity contribution < 1.29 is 9.90 Å². The first-order valence-corrected chi connectivity index (χ1v) is 7.61. The number of hydrogen-bond donors (Lipinski definition) is 1. The van der Waals surface area contributed by atoms with Gasteiger partial charge in [0.25, 0.3) is 0 Å². The van der Waals surface area contributed by atoms with Crippen LogP contribution in [-0.4, -0.2) is 22.7 Å². The summed E-state index contributed by atoms with van der Waals surface area (Å²) in [5.41, 5.74) is 4.27. The van der Waals surface area contributed by atoms with Gasteiger partial charge in [0.2, 0.25) is 0 Å². The van der Waals surface area contributed by atoms with Crippen LogP contribution in [0.5, 0.6) is 0 Å². The van der Waals surface area contributed by atoms with Gasteiger partial charge in [-0.1, -0.05) is 37.6 Å². The molecule has 0 bridgehead atoms. The lowest BCUT2D eigenvalue weighted by molar-refractivity contribution is -0.139. The number of benzene rings is 1. The Morgan fingerprint density at radius 2 is 2.00 bits per heavy atom. The predicted molar refractivity (Wildman–Crippen MR) is 87.7 cm³/mol. The molecule has 1 aliphatic rings. The van der Waals surface area contributed by atoms with E-state index < -0.39 is 12.0 Å². The summed E-state index contributed by atoms with van der Waals surface area (Å²) in [6.07, 6.45) is 3.69. The Hall–Kier alpha value is -1.77. The van der Waals surface area contributed by atoms with Crippen molar-refractivity contribution in [1.29, 1.82) is 0 Å². The molecule has 1 heterocycles. The van der Waals surface area contributed by atoms with E-state index in [0.717, 1.165) is 23.2 Å². The number of nitrogens with zero attached hydrogens (tertiary/aromatic N) is 1. The maximum absolute atomic E-state index is 11.8. The number of hydrogen-bond acceptors (Lipinski definition) is 2. The molecule has 0 aromatic heterocycles. The number of para-hydroxylation sites is 1. The molecule has 0 fully saturated rings. The highest BCUT2D eigenvalue weighted by atomic mass is 16.4. The molecule has 0 amide bonds. The van der Waals surface area contributed by atoms with Crippen molar-refractivity contribution in [2.75, 3.05) is 4.90 Å². The van der Waals surface area contributed by atoms with Crippen molar-refractivity contribution in [2.24, 2.45) is 0 Å². The topological polar surface area (TPSA) is 40.5 Å². The van der Waals surface area contributed by atoms with Crippen molar-refractivity contribution >= 4 is 17.2 Å². The molecule has 0 saturated heterocycles. The number of carbonyl (C=O) groups is 1. The quantitative estimate of drug-likeness (QED) is 0.900. The Kier molecular flexibility index (Phi) is 4.13. The number of rotatable bonds is 4. The molecular formula is C18H25NO2. The first-order chi connectivity index (χ1) is 9.79. The van der Waals surface area contributed by atoms with Gasteiger partial charge in [0.1, 0.15) is 6.04 Å². The van der Waals surface area contributed by atoms with Gasteiger partial charge in [-0.2, -0.15) is 0 Å². The zero-order chi connectivity index (χ0) is 15.8. The molecule has 1 unspecified atom stereocenters. The standard InChI is InChI=1S/C18H25NO2/c1-6-8-15(17(20)21)19-16-12(2)9-7-10-14(16)13(3)11-18(19,4)5/h7,9-11,15H,6,8H2,1-5H3,(H,20,21). The molecule has 1 N–H and O–H groups in total. The Bertz CT molecular complexity index is 587. The van der Waals surface area contributed by atoms with E-state index in [-0.39, 0.29) is 5.54 Å². The van der Waals surface area contributed by atoms with Crippen molar-refractivity contribution in [3.63, 3.8) is 0 Å². The summed E-state index contributed by atoms with van der Waals surface area (Å²) in [5, 5.41) is 9.71. The lowest BCUT2D eigenvalue weighted by atomic mass is 9.85. The second-order valence-electron chi connectivity index (χ2n) is 6.46. The minimum absolute atomic E-state index is 0.304. The average molecular weight is 287 g/mol. The first-order valence-electron chi connectivity index (χ1n) is 7.61. The third-order valence-electron chi connectivity index (χ3n) is 4.25. The van der Waals surface area contributed by atoms with Gasteiger partial charge in [0.15, 0.2) is 0 Å². The van der Waals surface area contributed by atoms with E-state index >= 15 is 0 Å². The summed E-state index contributed by atoms with van der Waals surface area (Å²) in [6, 6.07) is 5.69. The minimum Gasteiger partial charge on any atom is -0.480 e. The number of carboxylic acids is 1. The second-order valence-corrected chi connectivity index (χ2v) is 6.46. The van der Waals surface area contributed by atoms with Crippen LogP contribution in [0.2, 0.25) is 0 Å². The molecule has 1 aliphatic heterocycles. The Labute approximate surface area is 127 Å². The zero-order valence-corrected chi connectivity index (χ0v) is 13.6. The lowest BCUT2D eigenvalue weighted by Gasteiger charge is -2.47. The molecule has 21 heavy (non-hydrogen) atoms. The van der Waals surface area contributed by atoms with Crippen molar-refractivity contribution in [1.82, 2.24) is 0 Å². The van der Waals surface area contributed by atoms with Gasteiger partial charge < -0.3 is 10.0 Å². The van der Waals surface area contributed by atoms with Gasteiger partial charge >= 0.3 is 5.97 Å². The van der Waals surface area contributed by atoms with Crippen molar-refractivity contribution in [2.45, 2.75) is 59.0 Å². The molecule has 114 valence electrons. The van der Waals surface area contributed by atoms with Crippen molar-refractivity contribution in [3.8, 4) is 0 Å². The van der Waals surface area contributed by atoms with Crippen LogP contribution < -0.4 is 4.90 Å². The van der Waals surface area contributed by atoms with Crippen LogP contribution in [0.1, 0.15) is 51.7 Å². The van der Waals surface area contributed by atoms with Crippen molar-refractivity contribution in [3.05, 3.63) is 35.4 Å². The van der Waals surface area contributed by atoms with Crippen LogP contribution in [0, 0.1) is 6.92 Å². The largest absolute Gasteiger partial charge is 0.480 e. The first kappa shape index (κ1) is 15.6. The Morgan fingerprint density at radius 3 is 2.57 bits per heavy atom. The number of aliphatic carboxylic acids is 1. The zero-order valence-electron chi connectivity index (χ0n) is 13.6. The number of fused-ring (bicyclic) bond motifs is 1. The molecule has 1 atom stereocenters.